The monoisotopic (exact) mass is 315 g/mol. The first kappa shape index (κ1) is 15.7. The van der Waals surface area contributed by atoms with E-state index in [0.29, 0.717) is 0 Å². The van der Waals surface area contributed by atoms with Gasteiger partial charge >= 0.3 is 0 Å². The lowest BCUT2D eigenvalue weighted by molar-refractivity contribution is 0.0346. The van der Waals surface area contributed by atoms with Gasteiger partial charge < -0.3 is 4.74 Å². The minimum absolute atomic E-state index is 0.218. The molecule has 0 saturated carbocycles. The second-order valence-corrected chi connectivity index (χ2v) is 8.15. The molecule has 1 aliphatic heterocycles. The van der Waals surface area contributed by atoms with Crippen LogP contribution >= 0.6 is 11.3 Å². The van der Waals surface area contributed by atoms with Crippen molar-refractivity contribution in [2.24, 2.45) is 0 Å². The van der Waals surface area contributed by atoms with Gasteiger partial charge in [0.2, 0.25) is 0 Å². The van der Waals surface area contributed by atoms with Gasteiger partial charge in [-0.15, -0.1) is 11.3 Å². The topological polar surface area (TPSA) is 12.5 Å². The molecule has 2 nitrogen and oxygen atoms in total. The van der Waals surface area contributed by atoms with Crippen molar-refractivity contribution in [1.82, 2.24) is 4.90 Å². The predicted octanol–water partition coefficient (Wildman–Crippen LogP) is 4.54. The number of morpholine rings is 1. The van der Waals surface area contributed by atoms with Crippen LogP contribution in [0.3, 0.4) is 0 Å². The minimum atomic E-state index is 0.218. The second-order valence-electron chi connectivity index (χ2n) is 6.98. The molecule has 2 aromatic rings. The molecule has 0 atom stereocenters. The molecule has 1 fully saturated rings. The van der Waals surface area contributed by atoms with E-state index in [4.69, 9.17) is 4.74 Å². The van der Waals surface area contributed by atoms with Gasteiger partial charge in [0.1, 0.15) is 0 Å². The highest BCUT2D eigenvalue weighted by Gasteiger charge is 2.14. The average Bonchev–Trinajstić information content (AvgIpc) is 2.96. The summed E-state index contributed by atoms with van der Waals surface area (Å²) in [6, 6.07) is 13.6. The van der Waals surface area contributed by atoms with Crippen LogP contribution in [0, 0.1) is 0 Å². The van der Waals surface area contributed by atoms with Crippen molar-refractivity contribution in [3.05, 3.63) is 46.8 Å². The third-order valence-electron chi connectivity index (χ3n) is 4.18. The van der Waals surface area contributed by atoms with Crippen LogP contribution < -0.4 is 0 Å². The first-order valence-electron chi connectivity index (χ1n) is 8.02. The first-order chi connectivity index (χ1) is 10.5. The Morgan fingerprint density at radius 3 is 2.32 bits per heavy atom. The number of hydrogen-bond donors (Lipinski definition) is 0. The van der Waals surface area contributed by atoms with Crippen LogP contribution in [0.2, 0.25) is 0 Å². The summed E-state index contributed by atoms with van der Waals surface area (Å²) in [6.45, 7) is 11.7. The maximum Gasteiger partial charge on any atom is 0.0594 e. The summed E-state index contributed by atoms with van der Waals surface area (Å²) in [6.07, 6.45) is 0. The molecule has 0 spiro atoms. The molecule has 0 radical (unpaired) electrons. The van der Waals surface area contributed by atoms with Gasteiger partial charge in [-0.2, -0.15) is 0 Å². The highest BCUT2D eigenvalue weighted by atomic mass is 32.1. The van der Waals surface area contributed by atoms with Crippen molar-refractivity contribution in [3.63, 3.8) is 0 Å². The summed E-state index contributed by atoms with van der Waals surface area (Å²) in [4.78, 5) is 5.28. The number of benzene rings is 1. The second kappa shape index (κ2) is 6.53. The van der Waals surface area contributed by atoms with E-state index in [0.717, 1.165) is 32.8 Å². The van der Waals surface area contributed by atoms with Gasteiger partial charge in [-0.05, 0) is 28.7 Å². The number of ether oxygens (including phenoxy) is 1. The van der Waals surface area contributed by atoms with Crippen molar-refractivity contribution in [2.75, 3.05) is 26.3 Å². The Morgan fingerprint density at radius 2 is 1.68 bits per heavy atom. The molecular formula is C19H25NOS. The van der Waals surface area contributed by atoms with Crippen LogP contribution in [0.25, 0.3) is 10.4 Å². The van der Waals surface area contributed by atoms with E-state index >= 15 is 0 Å². The first-order valence-corrected chi connectivity index (χ1v) is 8.84. The third kappa shape index (κ3) is 3.78. The van der Waals surface area contributed by atoms with Gasteiger partial charge in [-0.1, -0.05) is 45.0 Å². The summed E-state index contributed by atoms with van der Waals surface area (Å²) in [5.74, 6) is 0. The molecule has 0 bridgehead atoms. The Morgan fingerprint density at radius 1 is 1.00 bits per heavy atom. The Balaban J connectivity index is 1.70. The molecule has 3 heteroatoms. The number of thiophene rings is 1. The molecule has 1 aromatic carbocycles. The highest BCUT2D eigenvalue weighted by molar-refractivity contribution is 7.15. The van der Waals surface area contributed by atoms with Gasteiger partial charge in [0.05, 0.1) is 13.2 Å². The van der Waals surface area contributed by atoms with E-state index in [2.05, 4.69) is 62.1 Å². The van der Waals surface area contributed by atoms with Gasteiger partial charge in [-0.3, -0.25) is 4.90 Å². The van der Waals surface area contributed by atoms with E-state index < -0.39 is 0 Å². The molecule has 1 aliphatic rings. The fourth-order valence-corrected chi connectivity index (χ4v) is 3.79. The van der Waals surface area contributed by atoms with E-state index in [-0.39, 0.29) is 5.41 Å². The van der Waals surface area contributed by atoms with E-state index in [1.165, 1.54) is 20.9 Å². The average molecular weight is 315 g/mol. The van der Waals surface area contributed by atoms with Crippen LogP contribution in [0.4, 0.5) is 0 Å². The fourth-order valence-electron chi connectivity index (χ4n) is 2.73. The van der Waals surface area contributed by atoms with Gasteiger partial charge in [0.25, 0.3) is 0 Å². The summed E-state index contributed by atoms with van der Waals surface area (Å²) < 4.78 is 5.41. The van der Waals surface area contributed by atoms with Crippen LogP contribution in [0.1, 0.15) is 31.2 Å². The lowest BCUT2D eigenvalue weighted by Crippen LogP contribution is -2.35. The normalized spacial score (nSPS) is 16.9. The van der Waals surface area contributed by atoms with Crippen molar-refractivity contribution >= 4 is 11.3 Å². The zero-order chi connectivity index (χ0) is 15.6. The maximum absolute atomic E-state index is 5.41. The molecule has 1 saturated heterocycles. The van der Waals surface area contributed by atoms with Crippen LogP contribution in [0.15, 0.2) is 36.4 Å². The number of rotatable bonds is 3. The maximum atomic E-state index is 5.41. The molecule has 2 heterocycles. The smallest absolute Gasteiger partial charge is 0.0594 e. The van der Waals surface area contributed by atoms with E-state index in [9.17, 15) is 0 Å². The summed E-state index contributed by atoms with van der Waals surface area (Å²) >= 11 is 1.91. The van der Waals surface area contributed by atoms with Crippen LogP contribution in [0.5, 0.6) is 0 Å². The minimum Gasteiger partial charge on any atom is -0.379 e. The van der Waals surface area contributed by atoms with Crippen LogP contribution in [-0.2, 0) is 16.7 Å². The molecular weight excluding hydrogens is 290 g/mol. The molecule has 118 valence electrons. The highest BCUT2D eigenvalue weighted by Crippen LogP contribution is 2.31. The molecule has 1 aromatic heterocycles. The lowest BCUT2D eigenvalue weighted by atomic mass is 9.86. The SMILES string of the molecule is CC(C)(C)c1ccc(-c2ccc(CN3CCOCC3)s2)cc1. The molecule has 0 N–H and O–H groups in total. The Kier molecular flexibility index (Phi) is 4.67. The summed E-state index contributed by atoms with van der Waals surface area (Å²) in [7, 11) is 0. The van der Waals surface area contributed by atoms with Crippen molar-refractivity contribution in [3.8, 4) is 10.4 Å². The number of nitrogens with zero attached hydrogens (tertiary/aromatic N) is 1. The van der Waals surface area contributed by atoms with E-state index in [1.54, 1.807) is 0 Å². The predicted molar refractivity (Wildman–Crippen MR) is 94.6 cm³/mol. The summed E-state index contributed by atoms with van der Waals surface area (Å²) in [5, 5.41) is 0. The van der Waals surface area contributed by atoms with Gasteiger partial charge in [0, 0.05) is 29.4 Å². The van der Waals surface area contributed by atoms with Crippen molar-refractivity contribution in [1.29, 1.82) is 0 Å². The Bertz CT molecular complexity index is 603. The zero-order valence-corrected chi connectivity index (χ0v) is 14.6. The molecule has 3 rings (SSSR count). The quantitative estimate of drug-likeness (QED) is 0.824. The standard InChI is InChI=1S/C19H25NOS/c1-19(2,3)16-6-4-15(5-7-16)18-9-8-17(22-18)14-20-10-12-21-13-11-20/h4-9H,10-14H2,1-3H3. The molecule has 0 amide bonds. The van der Waals surface area contributed by atoms with Gasteiger partial charge in [-0.25, -0.2) is 0 Å². The fraction of sp³-hybridized carbons (Fsp3) is 0.474. The Hall–Kier alpha value is -1.16. The summed E-state index contributed by atoms with van der Waals surface area (Å²) in [5.41, 5.74) is 2.93. The van der Waals surface area contributed by atoms with E-state index in [1.807, 2.05) is 11.3 Å². The lowest BCUT2D eigenvalue weighted by Gasteiger charge is -2.25. The van der Waals surface area contributed by atoms with Crippen molar-refractivity contribution in [2.45, 2.75) is 32.7 Å². The third-order valence-corrected chi connectivity index (χ3v) is 5.30. The zero-order valence-electron chi connectivity index (χ0n) is 13.8. The molecule has 0 aliphatic carbocycles. The number of hydrogen-bond acceptors (Lipinski definition) is 3. The molecule has 0 unspecified atom stereocenters. The Labute approximate surface area is 137 Å². The van der Waals surface area contributed by atoms with Crippen LogP contribution in [-0.4, -0.2) is 31.2 Å². The molecule has 22 heavy (non-hydrogen) atoms. The van der Waals surface area contributed by atoms with Crippen molar-refractivity contribution < 1.29 is 4.74 Å². The largest absolute Gasteiger partial charge is 0.379 e. The van der Waals surface area contributed by atoms with Gasteiger partial charge in [0.15, 0.2) is 0 Å².